The van der Waals surface area contributed by atoms with Crippen molar-refractivity contribution in [3.8, 4) is 0 Å². The number of unbranched alkanes of at least 4 members (excludes halogenated alkanes) is 3. The van der Waals surface area contributed by atoms with Crippen molar-refractivity contribution in [3.63, 3.8) is 0 Å². The first-order chi connectivity index (χ1) is 11.3. The fourth-order valence-electron chi connectivity index (χ4n) is 6.14. The summed E-state index contributed by atoms with van der Waals surface area (Å²) < 4.78 is 0. The monoisotopic (exact) mass is 320 g/mol. The van der Waals surface area contributed by atoms with Gasteiger partial charge < -0.3 is 5.11 Å². The third-order valence-corrected chi connectivity index (χ3v) is 7.65. The zero-order valence-corrected chi connectivity index (χ0v) is 15.5. The van der Waals surface area contributed by atoms with Crippen molar-refractivity contribution in [2.24, 2.45) is 29.6 Å². The lowest BCUT2D eigenvalue weighted by Gasteiger charge is -2.44. The molecule has 0 aromatic heterocycles. The minimum atomic E-state index is 0.0221. The molecular formula is C22H40O. The Balaban J connectivity index is 1.38. The molecule has 1 N–H and O–H groups in total. The van der Waals surface area contributed by atoms with E-state index in [-0.39, 0.29) is 6.10 Å². The molecule has 134 valence electrons. The van der Waals surface area contributed by atoms with E-state index in [2.05, 4.69) is 6.92 Å². The van der Waals surface area contributed by atoms with Gasteiger partial charge in [0, 0.05) is 0 Å². The van der Waals surface area contributed by atoms with Gasteiger partial charge in [-0.15, -0.1) is 0 Å². The van der Waals surface area contributed by atoms with Crippen LogP contribution in [0.4, 0.5) is 0 Å². The molecule has 3 saturated carbocycles. The summed E-state index contributed by atoms with van der Waals surface area (Å²) in [6, 6.07) is 0. The van der Waals surface area contributed by atoms with E-state index in [1.165, 1.54) is 83.5 Å². The SMILES string of the molecule is CCCCCCC1CCC(C2CCC3CCC(O)CC3C2)CC1. The topological polar surface area (TPSA) is 20.2 Å². The summed E-state index contributed by atoms with van der Waals surface area (Å²) in [5, 5.41) is 10.0. The minimum Gasteiger partial charge on any atom is -0.393 e. The van der Waals surface area contributed by atoms with Gasteiger partial charge in [-0.2, -0.15) is 0 Å². The molecule has 1 heteroatoms. The van der Waals surface area contributed by atoms with Crippen LogP contribution in [0.15, 0.2) is 0 Å². The van der Waals surface area contributed by atoms with Crippen molar-refractivity contribution in [1.29, 1.82) is 0 Å². The fourth-order valence-corrected chi connectivity index (χ4v) is 6.14. The molecule has 0 aromatic carbocycles. The number of aliphatic hydroxyl groups is 1. The van der Waals surface area contributed by atoms with Gasteiger partial charge in [-0.05, 0) is 81.0 Å². The van der Waals surface area contributed by atoms with Gasteiger partial charge in [-0.1, -0.05) is 51.9 Å². The van der Waals surface area contributed by atoms with Crippen molar-refractivity contribution >= 4 is 0 Å². The van der Waals surface area contributed by atoms with Crippen LogP contribution in [-0.2, 0) is 0 Å². The van der Waals surface area contributed by atoms with E-state index < -0.39 is 0 Å². The molecule has 3 fully saturated rings. The van der Waals surface area contributed by atoms with Crippen LogP contribution < -0.4 is 0 Å². The smallest absolute Gasteiger partial charge is 0.0543 e. The summed E-state index contributed by atoms with van der Waals surface area (Å²) in [5.74, 6) is 4.91. The summed E-state index contributed by atoms with van der Waals surface area (Å²) in [6.45, 7) is 2.31. The Labute approximate surface area is 144 Å². The standard InChI is InChI=1S/C22H40O/c1-2-3-4-5-6-17-7-9-18(10-8-17)20-12-11-19-13-14-22(23)16-21(19)15-20/h17-23H,2-16H2,1H3. The van der Waals surface area contributed by atoms with E-state index in [1.54, 1.807) is 0 Å². The molecule has 0 aliphatic heterocycles. The second kappa shape index (κ2) is 8.88. The van der Waals surface area contributed by atoms with Gasteiger partial charge in [0.15, 0.2) is 0 Å². The molecular weight excluding hydrogens is 280 g/mol. The zero-order valence-electron chi connectivity index (χ0n) is 15.5. The highest BCUT2D eigenvalue weighted by Crippen LogP contribution is 2.48. The van der Waals surface area contributed by atoms with Crippen LogP contribution in [-0.4, -0.2) is 11.2 Å². The summed E-state index contributed by atoms with van der Waals surface area (Å²) in [6.07, 6.45) is 21.3. The molecule has 3 aliphatic rings. The first-order valence-electron chi connectivity index (χ1n) is 10.9. The number of rotatable bonds is 6. The second-order valence-corrected chi connectivity index (χ2v) is 9.19. The van der Waals surface area contributed by atoms with Gasteiger partial charge in [0.1, 0.15) is 0 Å². The molecule has 1 nitrogen and oxygen atoms in total. The molecule has 0 radical (unpaired) electrons. The summed E-state index contributed by atoms with van der Waals surface area (Å²) in [4.78, 5) is 0. The molecule has 23 heavy (non-hydrogen) atoms. The second-order valence-electron chi connectivity index (χ2n) is 9.19. The first-order valence-corrected chi connectivity index (χ1v) is 10.9. The largest absolute Gasteiger partial charge is 0.393 e. The highest BCUT2D eigenvalue weighted by Gasteiger charge is 2.38. The average molecular weight is 321 g/mol. The van der Waals surface area contributed by atoms with Crippen LogP contribution in [0.2, 0.25) is 0 Å². The van der Waals surface area contributed by atoms with E-state index in [0.29, 0.717) is 0 Å². The van der Waals surface area contributed by atoms with Gasteiger partial charge in [0.05, 0.1) is 6.10 Å². The number of hydrogen-bond acceptors (Lipinski definition) is 1. The van der Waals surface area contributed by atoms with Gasteiger partial charge in [-0.3, -0.25) is 0 Å². The molecule has 0 saturated heterocycles. The van der Waals surface area contributed by atoms with Crippen molar-refractivity contribution in [3.05, 3.63) is 0 Å². The maximum absolute atomic E-state index is 10.0. The number of aliphatic hydroxyl groups excluding tert-OH is 1. The van der Waals surface area contributed by atoms with Crippen LogP contribution in [0.5, 0.6) is 0 Å². The molecule has 0 aromatic rings. The van der Waals surface area contributed by atoms with Gasteiger partial charge in [-0.25, -0.2) is 0 Å². The highest BCUT2D eigenvalue weighted by atomic mass is 16.3. The van der Waals surface area contributed by atoms with E-state index in [0.717, 1.165) is 42.4 Å². The van der Waals surface area contributed by atoms with Crippen molar-refractivity contribution in [2.75, 3.05) is 0 Å². The lowest BCUT2D eigenvalue weighted by molar-refractivity contribution is 0.0179. The average Bonchev–Trinajstić information content (AvgIpc) is 2.58. The Kier molecular flexibility index (Phi) is 6.86. The molecule has 4 atom stereocenters. The third kappa shape index (κ3) is 4.97. The normalized spacial score (nSPS) is 41.5. The Morgan fingerprint density at radius 3 is 2.09 bits per heavy atom. The molecule has 0 heterocycles. The lowest BCUT2D eigenvalue weighted by Crippen LogP contribution is -2.36. The van der Waals surface area contributed by atoms with Gasteiger partial charge in [0.2, 0.25) is 0 Å². The third-order valence-electron chi connectivity index (χ3n) is 7.65. The Bertz CT molecular complexity index is 331. The van der Waals surface area contributed by atoms with Crippen LogP contribution in [0, 0.1) is 29.6 Å². The summed E-state index contributed by atoms with van der Waals surface area (Å²) in [7, 11) is 0. The van der Waals surface area contributed by atoms with Crippen LogP contribution in [0.3, 0.4) is 0 Å². The molecule has 3 aliphatic carbocycles. The Morgan fingerprint density at radius 2 is 1.30 bits per heavy atom. The van der Waals surface area contributed by atoms with Crippen LogP contribution in [0.25, 0.3) is 0 Å². The highest BCUT2D eigenvalue weighted by molar-refractivity contribution is 4.89. The van der Waals surface area contributed by atoms with Crippen LogP contribution >= 0.6 is 0 Å². The Hall–Kier alpha value is -0.0400. The van der Waals surface area contributed by atoms with E-state index in [4.69, 9.17) is 0 Å². The first kappa shape index (κ1) is 17.8. The molecule has 0 bridgehead atoms. The fraction of sp³-hybridized carbons (Fsp3) is 1.00. The summed E-state index contributed by atoms with van der Waals surface area (Å²) >= 11 is 0. The van der Waals surface area contributed by atoms with Crippen LogP contribution in [0.1, 0.15) is 103 Å². The van der Waals surface area contributed by atoms with Crippen molar-refractivity contribution in [1.82, 2.24) is 0 Å². The molecule has 0 spiro atoms. The Morgan fingerprint density at radius 1 is 0.652 bits per heavy atom. The molecule has 0 amide bonds. The quantitative estimate of drug-likeness (QED) is 0.566. The summed E-state index contributed by atoms with van der Waals surface area (Å²) in [5.41, 5.74) is 0. The van der Waals surface area contributed by atoms with E-state index >= 15 is 0 Å². The maximum atomic E-state index is 10.0. The van der Waals surface area contributed by atoms with Crippen molar-refractivity contribution < 1.29 is 5.11 Å². The van der Waals surface area contributed by atoms with E-state index in [1.807, 2.05) is 0 Å². The minimum absolute atomic E-state index is 0.0221. The van der Waals surface area contributed by atoms with Gasteiger partial charge in [0.25, 0.3) is 0 Å². The lowest BCUT2D eigenvalue weighted by atomic mass is 9.62. The predicted octanol–water partition coefficient (Wildman–Crippen LogP) is 6.34. The van der Waals surface area contributed by atoms with E-state index in [9.17, 15) is 5.11 Å². The van der Waals surface area contributed by atoms with Crippen molar-refractivity contribution in [2.45, 2.75) is 109 Å². The maximum Gasteiger partial charge on any atom is 0.0543 e. The zero-order chi connectivity index (χ0) is 16.1. The van der Waals surface area contributed by atoms with Gasteiger partial charge >= 0.3 is 0 Å². The molecule has 3 rings (SSSR count). The number of hydrogen-bond donors (Lipinski definition) is 1. The number of fused-ring (bicyclic) bond motifs is 1. The predicted molar refractivity (Wildman–Crippen MR) is 98.4 cm³/mol. The molecule has 4 unspecified atom stereocenters.